The number of hydrogen-bond acceptors (Lipinski definition) is 3. The van der Waals surface area contributed by atoms with E-state index >= 15 is 0 Å². The third-order valence-corrected chi connectivity index (χ3v) is 3.97. The number of likely N-dealkylation sites (N-methyl/N-ethyl adjacent to an activating group) is 1. The van der Waals surface area contributed by atoms with Gasteiger partial charge >= 0.3 is 0 Å². The van der Waals surface area contributed by atoms with Gasteiger partial charge in [-0.2, -0.15) is 0 Å². The molecule has 0 bridgehead atoms. The van der Waals surface area contributed by atoms with Crippen LogP contribution in [-0.2, 0) is 4.79 Å². The van der Waals surface area contributed by atoms with Crippen LogP contribution in [0.5, 0.6) is 5.75 Å². The fourth-order valence-electron chi connectivity index (χ4n) is 2.30. The highest BCUT2D eigenvalue weighted by Crippen LogP contribution is 2.27. The number of carbonyl (C=O) groups excluding carboxylic acids is 2. The van der Waals surface area contributed by atoms with E-state index in [1.165, 1.54) is 4.90 Å². The lowest BCUT2D eigenvalue weighted by atomic mass is 10.0. The molecule has 0 aliphatic rings. The van der Waals surface area contributed by atoms with Gasteiger partial charge < -0.3 is 19.9 Å². The lowest BCUT2D eigenvalue weighted by Crippen LogP contribution is -2.30. The molecule has 0 fully saturated rings. The van der Waals surface area contributed by atoms with Gasteiger partial charge in [0, 0.05) is 25.9 Å². The van der Waals surface area contributed by atoms with Crippen LogP contribution in [0.15, 0.2) is 36.5 Å². The van der Waals surface area contributed by atoms with Crippen LogP contribution in [0.3, 0.4) is 0 Å². The van der Waals surface area contributed by atoms with Crippen molar-refractivity contribution in [2.45, 2.75) is 19.4 Å². The van der Waals surface area contributed by atoms with Crippen LogP contribution in [0.25, 0.3) is 0 Å². The molecule has 6 nitrogen and oxygen atoms in total. The summed E-state index contributed by atoms with van der Waals surface area (Å²) in [5.74, 6) is 0.195. The van der Waals surface area contributed by atoms with Crippen LogP contribution in [0.4, 0.5) is 0 Å². The summed E-state index contributed by atoms with van der Waals surface area (Å²) < 4.78 is 5.66. The van der Waals surface area contributed by atoms with Gasteiger partial charge in [-0.05, 0) is 18.6 Å². The quantitative estimate of drug-likeness (QED) is 0.794. The van der Waals surface area contributed by atoms with Crippen molar-refractivity contribution >= 4 is 23.4 Å². The maximum absolute atomic E-state index is 12.4. The van der Waals surface area contributed by atoms with Crippen LogP contribution in [0.1, 0.15) is 35.4 Å². The monoisotopic (exact) mass is 363 g/mol. The maximum atomic E-state index is 12.4. The SMILES string of the molecule is CCC(NC(=O)c1cc(Cl)c[nH]1)c1ccccc1OCC(=O)N(C)C. The zero-order valence-corrected chi connectivity index (χ0v) is 15.3. The Kier molecular flexibility index (Phi) is 6.47. The number of aromatic amines is 1. The first kappa shape index (κ1) is 18.9. The molecule has 0 radical (unpaired) electrons. The minimum Gasteiger partial charge on any atom is -0.483 e. The van der Waals surface area contributed by atoms with E-state index in [-0.39, 0.29) is 24.5 Å². The predicted octanol–water partition coefficient (Wildman–Crippen LogP) is 3.02. The summed E-state index contributed by atoms with van der Waals surface area (Å²) in [5.41, 5.74) is 1.21. The summed E-state index contributed by atoms with van der Waals surface area (Å²) in [6, 6.07) is 8.70. The lowest BCUT2D eigenvalue weighted by molar-refractivity contribution is -0.130. The molecule has 7 heteroatoms. The molecule has 25 heavy (non-hydrogen) atoms. The fraction of sp³-hybridized carbons (Fsp3) is 0.333. The summed E-state index contributed by atoms with van der Waals surface area (Å²) in [5, 5.41) is 3.44. The highest BCUT2D eigenvalue weighted by atomic mass is 35.5. The zero-order chi connectivity index (χ0) is 18.4. The van der Waals surface area contributed by atoms with Crippen LogP contribution in [0.2, 0.25) is 5.02 Å². The second kappa shape index (κ2) is 8.58. The van der Waals surface area contributed by atoms with Gasteiger partial charge in [0.2, 0.25) is 0 Å². The van der Waals surface area contributed by atoms with E-state index < -0.39 is 0 Å². The summed E-state index contributed by atoms with van der Waals surface area (Å²) >= 11 is 5.85. The van der Waals surface area contributed by atoms with Crippen LogP contribution in [-0.4, -0.2) is 42.4 Å². The second-order valence-corrected chi connectivity index (χ2v) is 6.22. The molecule has 0 spiro atoms. The standard InChI is InChI=1S/C18H22ClN3O3/c1-4-14(21-18(24)15-9-12(19)10-20-15)13-7-5-6-8-16(13)25-11-17(23)22(2)3/h5-10,14,20H,4,11H2,1-3H3,(H,21,24). The van der Waals surface area contributed by atoms with Gasteiger partial charge in [-0.25, -0.2) is 0 Å². The van der Waals surface area contributed by atoms with E-state index in [1.807, 2.05) is 25.1 Å². The van der Waals surface area contributed by atoms with Gasteiger partial charge in [-0.15, -0.1) is 0 Å². The smallest absolute Gasteiger partial charge is 0.268 e. The van der Waals surface area contributed by atoms with Crippen molar-refractivity contribution in [2.24, 2.45) is 0 Å². The highest BCUT2D eigenvalue weighted by Gasteiger charge is 2.19. The molecular formula is C18H22ClN3O3. The second-order valence-electron chi connectivity index (χ2n) is 5.78. The third kappa shape index (κ3) is 5.00. The summed E-state index contributed by atoms with van der Waals surface area (Å²) in [6.45, 7) is 1.91. The number of carbonyl (C=O) groups is 2. The molecule has 0 saturated carbocycles. The molecule has 2 N–H and O–H groups in total. The highest BCUT2D eigenvalue weighted by molar-refractivity contribution is 6.30. The molecule has 1 aromatic carbocycles. The minimum atomic E-state index is -0.252. The Labute approximate surface area is 152 Å². The molecule has 2 aromatic rings. The average Bonchev–Trinajstić information content (AvgIpc) is 3.04. The molecule has 1 heterocycles. The Morgan fingerprint density at radius 2 is 2.04 bits per heavy atom. The van der Waals surface area contributed by atoms with E-state index in [2.05, 4.69) is 10.3 Å². The molecule has 134 valence electrons. The van der Waals surface area contributed by atoms with Crippen molar-refractivity contribution in [3.05, 3.63) is 52.8 Å². The molecule has 1 unspecified atom stereocenters. The Balaban J connectivity index is 2.14. The number of ether oxygens (including phenoxy) is 1. The first-order valence-electron chi connectivity index (χ1n) is 7.99. The van der Waals surface area contributed by atoms with Gasteiger partial charge in [0.15, 0.2) is 6.61 Å². The molecule has 2 rings (SSSR count). The first-order valence-corrected chi connectivity index (χ1v) is 8.36. The van der Waals surface area contributed by atoms with E-state index in [0.29, 0.717) is 22.9 Å². The molecule has 0 aliphatic carbocycles. The van der Waals surface area contributed by atoms with Gasteiger partial charge in [-0.1, -0.05) is 36.7 Å². The number of benzene rings is 1. The number of para-hydroxylation sites is 1. The Morgan fingerprint density at radius 3 is 2.64 bits per heavy atom. The van der Waals surface area contributed by atoms with E-state index in [1.54, 1.807) is 32.4 Å². The summed E-state index contributed by atoms with van der Waals surface area (Å²) in [4.78, 5) is 28.4. The van der Waals surface area contributed by atoms with E-state index in [9.17, 15) is 9.59 Å². The number of amides is 2. The van der Waals surface area contributed by atoms with Crippen LogP contribution in [0, 0.1) is 0 Å². The van der Waals surface area contributed by atoms with E-state index in [4.69, 9.17) is 16.3 Å². The molecule has 2 amide bonds. The zero-order valence-electron chi connectivity index (χ0n) is 14.5. The van der Waals surface area contributed by atoms with Crippen molar-refractivity contribution in [3.63, 3.8) is 0 Å². The number of hydrogen-bond donors (Lipinski definition) is 2. The third-order valence-electron chi connectivity index (χ3n) is 3.75. The predicted molar refractivity (Wildman–Crippen MR) is 96.9 cm³/mol. The Morgan fingerprint density at radius 1 is 1.32 bits per heavy atom. The molecule has 1 atom stereocenters. The first-order chi connectivity index (χ1) is 11.9. The van der Waals surface area contributed by atoms with Crippen LogP contribution < -0.4 is 10.1 Å². The Bertz CT molecular complexity index is 743. The van der Waals surface area contributed by atoms with E-state index in [0.717, 1.165) is 5.56 Å². The molecule has 0 saturated heterocycles. The average molecular weight is 364 g/mol. The molecular weight excluding hydrogens is 342 g/mol. The summed E-state index contributed by atoms with van der Waals surface area (Å²) in [7, 11) is 3.35. The number of aromatic nitrogens is 1. The van der Waals surface area contributed by atoms with Crippen molar-refractivity contribution in [3.8, 4) is 5.75 Å². The summed E-state index contributed by atoms with van der Waals surface area (Å²) in [6.07, 6.45) is 2.23. The largest absolute Gasteiger partial charge is 0.483 e. The number of nitrogens with zero attached hydrogens (tertiary/aromatic N) is 1. The maximum Gasteiger partial charge on any atom is 0.268 e. The Hall–Kier alpha value is -2.47. The fourth-order valence-corrected chi connectivity index (χ4v) is 2.47. The van der Waals surface area contributed by atoms with Crippen molar-refractivity contribution in [1.29, 1.82) is 0 Å². The molecule has 0 aliphatic heterocycles. The van der Waals surface area contributed by atoms with Crippen molar-refractivity contribution in [1.82, 2.24) is 15.2 Å². The number of halogens is 1. The minimum absolute atomic E-state index is 0.0549. The van der Waals surface area contributed by atoms with Crippen molar-refractivity contribution in [2.75, 3.05) is 20.7 Å². The normalized spacial score (nSPS) is 11.7. The topological polar surface area (TPSA) is 74.4 Å². The van der Waals surface area contributed by atoms with Gasteiger partial charge in [-0.3, -0.25) is 9.59 Å². The van der Waals surface area contributed by atoms with Crippen LogP contribution >= 0.6 is 11.6 Å². The number of nitrogens with one attached hydrogen (secondary N) is 2. The van der Waals surface area contributed by atoms with Gasteiger partial charge in [0.1, 0.15) is 11.4 Å². The van der Waals surface area contributed by atoms with Crippen molar-refractivity contribution < 1.29 is 14.3 Å². The molecule has 1 aromatic heterocycles. The number of H-pyrrole nitrogens is 1. The van der Waals surface area contributed by atoms with Gasteiger partial charge in [0.05, 0.1) is 11.1 Å². The number of rotatable bonds is 7. The lowest BCUT2D eigenvalue weighted by Gasteiger charge is -2.21. The van der Waals surface area contributed by atoms with Gasteiger partial charge in [0.25, 0.3) is 11.8 Å².